The van der Waals surface area contributed by atoms with Crippen LogP contribution >= 0.6 is 0 Å². The van der Waals surface area contributed by atoms with Gasteiger partial charge in [0.25, 0.3) is 0 Å². The first-order valence-electron chi connectivity index (χ1n) is 9.07. The summed E-state index contributed by atoms with van der Waals surface area (Å²) in [6, 6.07) is 8.20. The van der Waals surface area contributed by atoms with E-state index >= 15 is 0 Å². The lowest BCUT2D eigenvalue weighted by Crippen LogP contribution is -2.13. The van der Waals surface area contributed by atoms with Gasteiger partial charge in [-0.3, -0.25) is 19.2 Å². The summed E-state index contributed by atoms with van der Waals surface area (Å²) < 4.78 is 15.2. The first-order valence-corrected chi connectivity index (χ1v) is 9.07. The number of carboxylic acids is 1. The van der Waals surface area contributed by atoms with Crippen molar-refractivity contribution in [3.63, 3.8) is 0 Å². The van der Waals surface area contributed by atoms with E-state index in [1.165, 1.54) is 57.2 Å². The smallest absolute Gasteiger partial charge is 0.335 e. The minimum atomic E-state index is -1.19. The zero-order valence-corrected chi connectivity index (χ0v) is 17.1. The molecule has 0 aliphatic heterocycles. The molecule has 0 atom stereocenters. The molecule has 0 unspecified atom stereocenters. The van der Waals surface area contributed by atoms with Gasteiger partial charge in [0.15, 0.2) is 5.78 Å². The van der Waals surface area contributed by atoms with Crippen molar-refractivity contribution in [2.45, 2.75) is 34.0 Å². The van der Waals surface area contributed by atoms with Crippen LogP contribution in [-0.2, 0) is 37.1 Å². The number of carbonyl (C=O) groups excluding carboxylic acids is 4. The third-order valence-corrected chi connectivity index (χ3v) is 3.98. The van der Waals surface area contributed by atoms with Crippen molar-refractivity contribution in [1.82, 2.24) is 0 Å². The highest BCUT2D eigenvalue weighted by molar-refractivity contribution is 6.10. The maximum atomic E-state index is 13.0. The number of rotatable bonds is 8. The lowest BCUT2D eigenvalue weighted by molar-refractivity contribution is -0.142. The molecular formula is C22H20O9. The van der Waals surface area contributed by atoms with Crippen LogP contribution in [0, 0.1) is 0 Å². The van der Waals surface area contributed by atoms with Crippen LogP contribution in [0.5, 0.6) is 5.75 Å². The van der Waals surface area contributed by atoms with E-state index in [0.29, 0.717) is 0 Å². The average Bonchev–Trinajstić information content (AvgIpc) is 2.70. The minimum absolute atomic E-state index is 0.00540. The average molecular weight is 428 g/mol. The van der Waals surface area contributed by atoms with Crippen molar-refractivity contribution in [1.29, 1.82) is 0 Å². The van der Waals surface area contributed by atoms with E-state index < -0.39 is 29.7 Å². The molecule has 0 saturated heterocycles. The Hall–Kier alpha value is -4.01. The molecule has 0 fully saturated rings. The molecule has 0 amide bonds. The Morgan fingerprint density at radius 1 is 0.742 bits per heavy atom. The third-order valence-electron chi connectivity index (χ3n) is 3.98. The highest BCUT2D eigenvalue weighted by Gasteiger charge is 2.20. The van der Waals surface area contributed by atoms with Gasteiger partial charge in [-0.05, 0) is 24.3 Å². The number of ketones is 1. The topological polar surface area (TPSA) is 133 Å². The molecule has 2 aromatic rings. The van der Waals surface area contributed by atoms with Crippen LogP contribution in [0.25, 0.3) is 0 Å². The SMILES string of the molecule is CC(=O)OCc1cc(C(=O)c2cccc(C(=O)O)c2)cc(COC(C)=O)c1OC(C)=O. The summed E-state index contributed by atoms with van der Waals surface area (Å²) in [6.45, 7) is 2.94. The van der Waals surface area contributed by atoms with Crippen LogP contribution in [0.15, 0.2) is 36.4 Å². The molecule has 0 bridgehead atoms. The molecule has 9 heteroatoms. The van der Waals surface area contributed by atoms with Crippen molar-refractivity contribution in [2.24, 2.45) is 0 Å². The van der Waals surface area contributed by atoms with E-state index in [1.807, 2.05) is 0 Å². The number of ether oxygens (including phenoxy) is 3. The third kappa shape index (κ3) is 6.49. The summed E-state index contributed by atoms with van der Waals surface area (Å²) in [5.74, 6) is -3.56. The van der Waals surface area contributed by atoms with Gasteiger partial charge in [0.1, 0.15) is 19.0 Å². The maximum absolute atomic E-state index is 13.0. The number of hydrogen-bond acceptors (Lipinski definition) is 8. The van der Waals surface area contributed by atoms with Crippen LogP contribution in [-0.4, -0.2) is 34.8 Å². The van der Waals surface area contributed by atoms with Gasteiger partial charge in [-0.15, -0.1) is 0 Å². The Morgan fingerprint density at radius 2 is 1.26 bits per heavy atom. The van der Waals surface area contributed by atoms with Crippen LogP contribution in [0.1, 0.15) is 58.2 Å². The Morgan fingerprint density at radius 3 is 1.71 bits per heavy atom. The molecule has 0 aliphatic rings. The fourth-order valence-corrected chi connectivity index (χ4v) is 2.69. The summed E-state index contributed by atoms with van der Waals surface area (Å²) in [7, 11) is 0. The molecule has 31 heavy (non-hydrogen) atoms. The summed E-state index contributed by atoms with van der Waals surface area (Å²) in [6.07, 6.45) is 0. The molecule has 9 nitrogen and oxygen atoms in total. The lowest BCUT2D eigenvalue weighted by atomic mass is 9.97. The maximum Gasteiger partial charge on any atom is 0.335 e. The van der Waals surface area contributed by atoms with Crippen molar-refractivity contribution < 1.29 is 43.3 Å². The first kappa shape index (κ1) is 23.3. The van der Waals surface area contributed by atoms with Gasteiger partial charge in [0.05, 0.1) is 5.56 Å². The number of hydrogen-bond donors (Lipinski definition) is 1. The molecule has 0 radical (unpaired) electrons. The summed E-state index contributed by atoms with van der Waals surface area (Å²) in [5, 5.41) is 9.16. The molecule has 0 aliphatic carbocycles. The van der Waals surface area contributed by atoms with E-state index in [4.69, 9.17) is 19.3 Å². The molecule has 2 aromatic carbocycles. The van der Waals surface area contributed by atoms with Gasteiger partial charge in [-0.2, -0.15) is 0 Å². The summed E-state index contributed by atoms with van der Waals surface area (Å²) >= 11 is 0. The van der Waals surface area contributed by atoms with Crippen LogP contribution in [0.3, 0.4) is 0 Å². The van der Waals surface area contributed by atoms with E-state index in [-0.39, 0.29) is 46.8 Å². The molecule has 1 N–H and O–H groups in total. The zero-order chi connectivity index (χ0) is 23.1. The van der Waals surface area contributed by atoms with Crippen molar-refractivity contribution in [2.75, 3.05) is 0 Å². The van der Waals surface area contributed by atoms with Crippen molar-refractivity contribution in [3.8, 4) is 5.75 Å². The Bertz CT molecular complexity index is 1010. The van der Waals surface area contributed by atoms with Gasteiger partial charge in [0.2, 0.25) is 0 Å². The van der Waals surface area contributed by atoms with Gasteiger partial charge in [0, 0.05) is 43.0 Å². The molecule has 0 heterocycles. The highest BCUT2D eigenvalue weighted by Crippen LogP contribution is 2.29. The van der Waals surface area contributed by atoms with Gasteiger partial charge in [-0.1, -0.05) is 12.1 Å². The standard InChI is InChI=1S/C22H20O9/c1-12(23)29-10-18-8-17(20(26)15-5-4-6-16(7-15)22(27)28)9-19(11-30-13(2)24)21(18)31-14(3)25/h4-9H,10-11H2,1-3H3,(H,27,28). The van der Waals surface area contributed by atoms with E-state index in [1.54, 1.807) is 0 Å². The second-order valence-electron chi connectivity index (χ2n) is 6.49. The van der Waals surface area contributed by atoms with Gasteiger partial charge >= 0.3 is 23.9 Å². The number of esters is 3. The predicted molar refractivity (Wildman–Crippen MR) is 106 cm³/mol. The molecule has 0 spiro atoms. The quantitative estimate of drug-likeness (QED) is 0.383. The Kier molecular flexibility index (Phi) is 7.62. The number of carboxylic acid groups (broad SMARTS) is 1. The fourth-order valence-electron chi connectivity index (χ4n) is 2.69. The number of carbonyl (C=O) groups is 5. The van der Waals surface area contributed by atoms with Crippen LogP contribution in [0.4, 0.5) is 0 Å². The zero-order valence-electron chi connectivity index (χ0n) is 17.1. The van der Waals surface area contributed by atoms with Crippen molar-refractivity contribution in [3.05, 3.63) is 64.2 Å². The van der Waals surface area contributed by atoms with E-state index in [2.05, 4.69) is 0 Å². The predicted octanol–water partition coefficient (Wildman–Crippen LogP) is 2.67. The molecule has 0 saturated carbocycles. The fraction of sp³-hybridized carbons (Fsp3) is 0.227. The minimum Gasteiger partial charge on any atom is -0.478 e. The Balaban J connectivity index is 2.59. The van der Waals surface area contributed by atoms with Crippen molar-refractivity contribution >= 4 is 29.7 Å². The number of benzene rings is 2. The second kappa shape index (κ2) is 10.1. The van der Waals surface area contributed by atoms with E-state index in [0.717, 1.165) is 0 Å². The van der Waals surface area contributed by atoms with E-state index in [9.17, 15) is 24.0 Å². The Labute approximate surface area is 177 Å². The lowest BCUT2D eigenvalue weighted by Gasteiger charge is -2.16. The second-order valence-corrected chi connectivity index (χ2v) is 6.49. The largest absolute Gasteiger partial charge is 0.478 e. The normalized spacial score (nSPS) is 10.2. The highest BCUT2D eigenvalue weighted by atomic mass is 16.6. The molecule has 0 aromatic heterocycles. The molecular weight excluding hydrogens is 408 g/mol. The van der Waals surface area contributed by atoms with Crippen LogP contribution < -0.4 is 4.74 Å². The monoisotopic (exact) mass is 428 g/mol. The van der Waals surface area contributed by atoms with Gasteiger partial charge in [-0.25, -0.2) is 4.79 Å². The molecule has 162 valence electrons. The summed E-state index contributed by atoms with van der Waals surface area (Å²) in [4.78, 5) is 58.3. The first-order chi connectivity index (χ1) is 14.6. The van der Waals surface area contributed by atoms with Gasteiger partial charge < -0.3 is 19.3 Å². The van der Waals surface area contributed by atoms with Crippen LogP contribution in [0.2, 0.25) is 0 Å². The molecule has 2 rings (SSSR count). The number of aromatic carboxylic acids is 1. The summed E-state index contributed by atoms with van der Waals surface area (Å²) in [5.41, 5.74) is 0.544.